The van der Waals surface area contributed by atoms with Crippen LogP contribution < -0.4 is 15.2 Å². The molecule has 1 saturated heterocycles. The average Bonchev–Trinajstić information content (AvgIpc) is 2.85. The maximum absolute atomic E-state index is 6.35. The summed E-state index contributed by atoms with van der Waals surface area (Å²) in [7, 11) is 0. The monoisotopic (exact) mass is 249 g/mol. The third kappa shape index (κ3) is 1.95. The molecule has 2 atom stereocenters. The molecule has 98 valence electrons. The normalized spacial score (nSPS) is 28.1. The highest BCUT2D eigenvalue weighted by Crippen LogP contribution is 2.39. The average molecular weight is 249 g/mol. The van der Waals surface area contributed by atoms with Crippen LogP contribution >= 0.6 is 0 Å². The molecule has 0 amide bonds. The lowest BCUT2D eigenvalue weighted by atomic mass is 9.88. The van der Waals surface area contributed by atoms with Gasteiger partial charge in [0.15, 0.2) is 11.5 Å². The topological polar surface area (TPSA) is 53.7 Å². The molecular formula is C14H19NO3. The van der Waals surface area contributed by atoms with Crippen LogP contribution in [0.2, 0.25) is 0 Å². The van der Waals surface area contributed by atoms with E-state index in [2.05, 4.69) is 6.92 Å². The molecule has 2 unspecified atom stereocenters. The molecule has 4 heteroatoms. The van der Waals surface area contributed by atoms with Gasteiger partial charge >= 0.3 is 0 Å². The predicted molar refractivity (Wildman–Crippen MR) is 68.0 cm³/mol. The van der Waals surface area contributed by atoms with Crippen LogP contribution in [0.25, 0.3) is 0 Å². The minimum atomic E-state index is -0.260. The summed E-state index contributed by atoms with van der Waals surface area (Å²) >= 11 is 0. The molecule has 2 N–H and O–H groups in total. The molecule has 0 spiro atoms. The Morgan fingerprint density at radius 2 is 1.94 bits per heavy atom. The van der Waals surface area contributed by atoms with Gasteiger partial charge in [-0.1, -0.05) is 6.07 Å². The van der Waals surface area contributed by atoms with Crippen molar-refractivity contribution in [1.82, 2.24) is 0 Å². The lowest BCUT2D eigenvalue weighted by Gasteiger charge is -2.31. The van der Waals surface area contributed by atoms with Crippen LogP contribution in [0.4, 0.5) is 0 Å². The van der Waals surface area contributed by atoms with Crippen molar-refractivity contribution < 1.29 is 14.2 Å². The van der Waals surface area contributed by atoms with E-state index in [-0.39, 0.29) is 11.6 Å². The van der Waals surface area contributed by atoms with Crippen molar-refractivity contribution in [2.45, 2.75) is 31.4 Å². The van der Waals surface area contributed by atoms with Crippen molar-refractivity contribution >= 4 is 0 Å². The van der Waals surface area contributed by atoms with Gasteiger partial charge in [-0.25, -0.2) is 0 Å². The smallest absolute Gasteiger partial charge is 0.161 e. The fraction of sp³-hybridized carbons (Fsp3) is 0.571. The fourth-order valence-corrected chi connectivity index (χ4v) is 2.65. The van der Waals surface area contributed by atoms with Gasteiger partial charge in [0.05, 0.1) is 11.6 Å². The van der Waals surface area contributed by atoms with Crippen molar-refractivity contribution in [3.63, 3.8) is 0 Å². The van der Waals surface area contributed by atoms with E-state index in [9.17, 15) is 0 Å². The van der Waals surface area contributed by atoms with Crippen molar-refractivity contribution in [1.29, 1.82) is 0 Å². The second-order valence-corrected chi connectivity index (χ2v) is 5.15. The molecule has 3 rings (SSSR count). The number of hydrogen-bond donors (Lipinski definition) is 1. The number of hydrogen-bond acceptors (Lipinski definition) is 4. The first-order chi connectivity index (χ1) is 8.69. The zero-order chi connectivity index (χ0) is 12.6. The largest absolute Gasteiger partial charge is 0.486 e. The molecular weight excluding hydrogens is 230 g/mol. The Hall–Kier alpha value is -1.26. The number of benzene rings is 1. The first-order valence-electron chi connectivity index (χ1n) is 6.48. The third-order valence-electron chi connectivity index (χ3n) is 3.83. The highest BCUT2D eigenvalue weighted by atomic mass is 16.6. The fourth-order valence-electron chi connectivity index (χ4n) is 2.65. The van der Waals surface area contributed by atoms with Gasteiger partial charge in [0.2, 0.25) is 0 Å². The van der Waals surface area contributed by atoms with E-state index in [1.54, 1.807) is 0 Å². The zero-order valence-corrected chi connectivity index (χ0v) is 10.6. The van der Waals surface area contributed by atoms with Gasteiger partial charge in [-0.3, -0.25) is 0 Å². The number of nitrogens with two attached hydrogens (primary N) is 1. The van der Waals surface area contributed by atoms with Crippen molar-refractivity contribution in [2.75, 3.05) is 19.8 Å². The van der Waals surface area contributed by atoms with Crippen molar-refractivity contribution in [3.05, 3.63) is 23.8 Å². The Labute approximate surface area is 107 Å². The minimum Gasteiger partial charge on any atom is -0.486 e. The van der Waals surface area contributed by atoms with Gasteiger partial charge in [-0.05, 0) is 37.5 Å². The van der Waals surface area contributed by atoms with Crippen LogP contribution in [0, 0.1) is 0 Å². The van der Waals surface area contributed by atoms with E-state index < -0.39 is 0 Å². The van der Waals surface area contributed by atoms with Crippen LogP contribution in [-0.4, -0.2) is 25.4 Å². The molecule has 0 radical (unpaired) electrons. The zero-order valence-electron chi connectivity index (χ0n) is 10.6. The third-order valence-corrected chi connectivity index (χ3v) is 3.83. The second kappa shape index (κ2) is 4.44. The molecule has 0 saturated carbocycles. The molecule has 1 aromatic carbocycles. The maximum Gasteiger partial charge on any atom is 0.161 e. The van der Waals surface area contributed by atoms with E-state index in [0.717, 1.165) is 36.5 Å². The Bertz CT molecular complexity index is 441. The second-order valence-electron chi connectivity index (χ2n) is 5.15. The van der Waals surface area contributed by atoms with E-state index in [0.29, 0.717) is 13.2 Å². The van der Waals surface area contributed by atoms with Crippen molar-refractivity contribution in [2.24, 2.45) is 5.73 Å². The quantitative estimate of drug-likeness (QED) is 0.871. The summed E-state index contributed by atoms with van der Waals surface area (Å²) in [6.07, 6.45) is 2.08. The number of ether oxygens (including phenoxy) is 3. The number of rotatable bonds is 2. The molecule has 1 fully saturated rings. The molecule has 0 aromatic heterocycles. The molecule has 1 aromatic rings. The Morgan fingerprint density at radius 1 is 1.17 bits per heavy atom. The van der Waals surface area contributed by atoms with E-state index in [1.807, 2.05) is 18.2 Å². The van der Waals surface area contributed by atoms with Crippen LogP contribution in [0.5, 0.6) is 11.5 Å². The molecule has 0 aliphatic carbocycles. The van der Waals surface area contributed by atoms with E-state index in [1.165, 1.54) is 0 Å². The van der Waals surface area contributed by atoms with Crippen molar-refractivity contribution in [3.8, 4) is 11.5 Å². The summed E-state index contributed by atoms with van der Waals surface area (Å²) in [5, 5.41) is 0. The Morgan fingerprint density at radius 3 is 2.67 bits per heavy atom. The molecule has 2 aliphatic rings. The van der Waals surface area contributed by atoms with Gasteiger partial charge in [-0.15, -0.1) is 0 Å². The molecule has 0 bridgehead atoms. The maximum atomic E-state index is 6.35. The molecule has 2 aliphatic heterocycles. The predicted octanol–water partition coefficient (Wildman–Crippen LogP) is 2.03. The van der Waals surface area contributed by atoms with Gasteiger partial charge < -0.3 is 19.9 Å². The summed E-state index contributed by atoms with van der Waals surface area (Å²) in [4.78, 5) is 0. The van der Waals surface area contributed by atoms with E-state index in [4.69, 9.17) is 19.9 Å². The first-order valence-corrected chi connectivity index (χ1v) is 6.48. The molecule has 18 heavy (non-hydrogen) atoms. The molecule has 2 heterocycles. The summed E-state index contributed by atoms with van der Waals surface area (Å²) in [5.74, 6) is 1.59. The van der Waals surface area contributed by atoms with Crippen LogP contribution in [0.3, 0.4) is 0 Å². The molecule has 4 nitrogen and oxygen atoms in total. The first kappa shape index (κ1) is 11.8. The van der Waals surface area contributed by atoms with Gasteiger partial charge in [0.1, 0.15) is 13.2 Å². The lowest BCUT2D eigenvalue weighted by molar-refractivity contribution is -0.00183. The summed E-state index contributed by atoms with van der Waals surface area (Å²) in [5.41, 5.74) is 7.13. The van der Waals surface area contributed by atoms with Gasteiger partial charge in [0.25, 0.3) is 0 Å². The van der Waals surface area contributed by atoms with E-state index >= 15 is 0 Å². The lowest BCUT2D eigenvalue weighted by Crippen LogP contribution is -2.37. The highest BCUT2D eigenvalue weighted by molar-refractivity contribution is 5.45. The van der Waals surface area contributed by atoms with Crippen LogP contribution in [0.1, 0.15) is 31.4 Å². The standard InChI is InChI=1S/C14H19NO3/c1-14(5-2-6-18-14)13(15)10-3-4-11-12(9-10)17-8-7-16-11/h3-4,9,13H,2,5-8,15H2,1H3. The van der Waals surface area contributed by atoms with Crippen LogP contribution in [-0.2, 0) is 4.74 Å². The van der Waals surface area contributed by atoms with Gasteiger partial charge in [-0.2, -0.15) is 0 Å². The SMILES string of the molecule is CC1(C(N)c2ccc3c(c2)OCCO3)CCCO1. The highest BCUT2D eigenvalue weighted by Gasteiger charge is 2.37. The number of fused-ring (bicyclic) bond motifs is 1. The van der Waals surface area contributed by atoms with Crippen LogP contribution in [0.15, 0.2) is 18.2 Å². The summed E-state index contributed by atoms with van der Waals surface area (Å²) in [6, 6.07) is 5.79. The minimum absolute atomic E-state index is 0.129. The summed E-state index contributed by atoms with van der Waals surface area (Å²) in [6.45, 7) is 4.09. The Balaban J connectivity index is 1.87. The van der Waals surface area contributed by atoms with Gasteiger partial charge in [0, 0.05) is 6.61 Å². The Kier molecular flexibility index (Phi) is 2.92. The summed E-state index contributed by atoms with van der Waals surface area (Å²) < 4.78 is 16.9.